The molecule has 0 aliphatic carbocycles. The number of benzene rings is 1. The summed E-state index contributed by atoms with van der Waals surface area (Å²) in [4.78, 5) is 24.8. The number of methoxy groups -OCH3 is 1. The van der Waals surface area contributed by atoms with Gasteiger partial charge in [0.15, 0.2) is 5.82 Å². The highest BCUT2D eigenvalue weighted by Gasteiger charge is 2.14. The Bertz CT molecular complexity index is 967. The predicted octanol–water partition coefficient (Wildman–Crippen LogP) is 3.59. The predicted molar refractivity (Wildman–Crippen MR) is 101 cm³/mol. The van der Waals surface area contributed by atoms with Gasteiger partial charge < -0.3 is 4.74 Å². The van der Waals surface area contributed by atoms with Crippen LogP contribution < -0.4 is 0 Å². The van der Waals surface area contributed by atoms with Gasteiger partial charge in [-0.3, -0.25) is 9.55 Å². The average molecular weight is 350 g/mol. The maximum atomic E-state index is 11.3. The smallest absolute Gasteiger partial charge is 0.330 e. The van der Waals surface area contributed by atoms with E-state index in [0.717, 1.165) is 34.5 Å². The molecular formula is C20H22N4O2. The van der Waals surface area contributed by atoms with Crippen LogP contribution in [0.2, 0.25) is 0 Å². The zero-order chi connectivity index (χ0) is 18.7. The number of hydrogen-bond donors (Lipinski definition) is 0. The van der Waals surface area contributed by atoms with Gasteiger partial charge in [0.2, 0.25) is 0 Å². The van der Waals surface area contributed by atoms with E-state index in [1.807, 2.05) is 22.8 Å². The first-order chi connectivity index (χ1) is 12.4. The first kappa shape index (κ1) is 17.8. The first-order valence-corrected chi connectivity index (χ1v) is 8.40. The molecule has 1 aromatic carbocycles. The first-order valence-electron chi connectivity index (χ1n) is 8.40. The molecule has 0 saturated carbocycles. The summed E-state index contributed by atoms with van der Waals surface area (Å²) in [5.74, 6) is 0.336. The highest BCUT2D eigenvalue weighted by molar-refractivity contribution is 5.88. The summed E-state index contributed by atoms with van der Waals surface area (Å²) in [6, 6.07) is 5.77. The lowest BCUT2D eigenvalue weighted by atomic mass is 9.91. The minimum Gasteiger partial charge on any atom is -0.466 e. The summed E-state index contributed by atoms with van der Waals surface area (Å²) in [6.45, 7) is 6.52. The second-order valence-corrected chi connectivity index (χ2v) is 7.33. The van der Waals surface area contributed by atoms with Crippen LogP contribution in [0.4, 0.5) is 0 Å². The van der Waals surface area contributed by atoms with E-state index in [1.165, 1.54) is 13.2 Å². The van der Waals surface area contributed by atoms with Crippen molar-refractivity contribution in [1.82, 2.24) is 19.5 Å². The maximum Gasteiger partial charge on any atom is 0.330 e. The lowest BCUT2D eigenvalue weighted by Crippen LogP contribution is -2.12. The van der Waals surface area contributed by atoms with E-state index < -0.39 is 0 Å². The molecule has 0 fully saturated rings. The van der Waals surface area contributed by atoms with Crippen LogP contribution in [-0.2, 0) is 16.0 Å². The molecule has 3 rings (SSSR count). The number of imidazole rings is 1. The minimum absolute atomic E-state index is 0.135. The van der Waals surface area contributed by atoms with Crippen molar-refractivity contribution in [3.63, 3.8) is 0 Å². The van der Waals surface area contributed by atoms with Gasteiger partial charge in [0.25, 0.3) is 0 Å². The van der Waals surface area contributed by atoms with E-state index in [1.54, 1.807) is 24.8 Å². The monoisotopic (exact) mass is 350 g/mol. The number of nitrogens with zero attached hydrogens (tertiary/aromatic N) is 4. The van der Waals surface area contributed by atoms with Gasteiger partial charge in [0, 0.05) is 12.3 Å². The summed E-state index contributed by atoms with van der Waals surface area (Å²) in [6.07, 6.45) is 9.22. The van der Waals surface area contributed by atoms with Crippen LogP contribution in [0.3, 0.4) is 0 Å². The second-order valence-electron chi connectivity index (χ2n) is 7.33. The third kappa shape index (κ3) is 4.14. The molecule has 0 aliphatic heterocycles. The minimum atomic E-state index is -0.389. The molecule has 0 aliphatic rings. The van der Waals surface area contributed by atoms with Gasteiger partial charge in [-0.25, -0.2) is 14.8 Å². The molecule has 134 valence electrons. The zero-order valence-electron chi connectivity index (χ0n) is 15.4. The number of hydrogen-bond acceptors (Lipinski definition) is 5. The Morgan fingerprint density at radius 2 is 2.08 bits per heavy atom. The Hall–Kier alpha value is -3.02. The van der Waals surface area contributed by atoms with Crippen LogP contribution in [0.1, 0.15) is 32.0 Å². The lowest BCUT2D eigenvalue weighted by molar-refractivity contribution is -0.134. The second kappa shape index (κ2) is 7.07. The molecular weight excluding hydrogens is 328 g/mol. The molecule has 2 heterocycles. The standard InChI is InChI=1S/C20H22N4O2/c1-20(2,3)10-15-11-21-12-18(23-15)24-13-22-16-7-5-14(9-17(16)24)6-8-19(25)26-4/h5-9,11-13H,10H2,1-4H3/b8-6+. The van der Waals surface area contributed by atoms with Crippen molar-refractivity contribution < 1.29 is 9.53 Å². The molecule has 0 radical (unpaired) electrons. The molecule has 6 heteroatoms. The Balaban J connectivity index is 1.99. The van der Waals surface area contributed by atoms with E-state index >= 15 is 0 Å². The maximum absolute atomic E-state index is 11.3. The van der Waals surface area contributed by atoms with Crippen molar-refractivity contribution in [3.8, 4) is 5.82 Å². The Kier molecular flexibility index (Phi) is 4.84. The molecule has 0 amide bonds. The van der Waals surface area contributed by atoms with Crippen LogP contribution in [0.5, 0.6) is 0 Å². The number of fused-ring (bicyclic) bond motifs is 1. The van der Waals surface area contributed by atoms with Gasteiger partial charge >= 0.3 is 5.97 Å². The third-order valence-corrected chi connectivity index (χ3v) is 3.81. The van der Waals surface area contributed by atoms with Crippen LogP contribution in [0.25, 0.3) is 22.9 Å². The molecule has 6 nitrogen and oxygen atoms in total. The van der Waals surface area contributed by atoms with Gasteiger partial charge in [0.1, 0.15) is 6.33 Å². The molecule has 0 N–H and O–H groups in total. The molecule has 0 unspecified atom stereocenters. The number of carbonyl (C=O) groups is 1. The number of carbonyl (C=O) groups excluding carboxylic acids is 1. The fraction of sp³-hybridized carbons (Fsp3) is 0.300. The number of ether oxygens (including phenoxy) is 1. The van der Waals surface area contributed by atoms with Crippen LogP contribution in [0.15, 0.2) is 43.0 Å². The van der Waals surface area contributed by atoms with Crippen molar-refractivity contribution in [2.24, 2.45) is 5.41 Å². The molecule has 0 saturated heterocycles. The van der Waals surface area contributed by atoms with E-state index in [0.29, 0.717) is 0 Å². The van der Waals surface area contributed by atoms with Crippen LogP contribution in [0, 0.1) is 5.41 Å². The van der Waals surface area contributed by atoms with E-state index in [4.69, 9.17) is 4.98 Å². The Labute approximate surface area is 152 Å². The molecule has 0 spiro atoms. The molecule has 0 atom stereocenters. The zero-order valence-corrected chi connectivity index (χ0v) is 15.4. The highest BCUT2D eigenvalue weighted by atomic mass is 16.5. The van der Waals surface area contributed by atoms with E-state index in [9.17, 15) is 4.79 Å². The highest BCUT2D eigenvalue weighted by Crippen LogP contribution is 2.22. The quantitative estimate of drug-likeness (QED) is 0.531. The van der Waals surface area contributed by atoms with E-state index in [-0.39, 0.29) is 11.4 Å². The summed E-state index contributed by atoms with van der Waals surface area (Å²) in [5, 5.41) is 0. The topological polar surface area (TPSA) is 69.9 Å². The van der Waals surface area contributed by atoms with Crippen molar-refractivity contribution >= 4 is 23.1 Å². The molecule has 26 heavy (non-hydrogen) atoms. The molecule has 2 aromatic heterocycles. The van der Waals surface area contributed by atoms with E-state index in [2.05, 4.69) is 35.5 Å². The molecule has 3 aromatic rings. The SMILES string of the molecule is COC(=O)/C=C/c1ccc2ncn(-c3cncc(CC(C)(C)C)n3)c2c1. The van der Waals surface area contributed by atoms with Gasteiger partial charge in [-0.2, -0.15) is 0 Å². The van der Waals surface area contributed by atoms with Gasteiger partial charge in [-0.15, -0.1) is 0 Å². The van der Waals surface area contributed by atoms with Gasteiger partial charge in [-0.1, -0.05) is 26.8 Å². The normalized spacial score (nSPS) is 12.0. The summed E-state index contributed by atoms with van der Waals surface area (Å²) >= 11 is 0. The fourth-order valence-electron chi connectivity index (χ4n) is 2.68. The van der Waals surface area contributed by atoms with Crippen molar-refractivity contribution in [2.75, 3.05) is 7.11 Å². The largest absolute Gasteiger partial charge is 0.466 e. The van der Waals surface area contributed by atoms with Crippen molar-refractivity contribution in [2.45, 2.75) is 27.2 Å². The summed E-state index contributed by atoms with van der Waals surface area (Å²) in [5.41, 5.74) is 3.71. The molecule has 0 bridgehead atoms. The van der Waals surface area contributed by atoms with Gasteiger partial charge in [0.05, 0.1) is 30.0 Å². The third-order valence-electron chi connectivity index (χ3n) is 3.81. The average Bonchev–Trinajstić information content (AvgIpc) is 3.01. The van der Waals surface area contributed by atoms with Crippen molar-refractivity contribution in [1.29, 1.82) is 0 Å². The Morgan fingerprint density at radius 1 is 1.27 bits per heavy atom. The summed E-state index contributed by atoms with van der Waals surface area (Å²) < 4.78 is 6.54. The fourth-order valence-corrected chi connectivity index (χ4v) is 2.68. The Morgan fingerprint density at radius 3 is 2.81 bits per heavy atom. The van der Waals surface area contributed by atoms with Crippen molar-refractivity contribution in [3.05, 3.63) is 54.3 Å². The van der Waals surface area contributed by atoms with Gasteiger partial charge in [-0.05, 0) is 35.6 Å². The number of aromatic nitrogens is 4. The van der Waals surface area contributed by atoms with Crippen LogP contribution >= 0.6 is 0 Å². The van der Waals surface area contributed by atoms with Crippen LogP contribution in [-0.4, -0.2) is 32.6 Å². The number of esters is 1. The number of rotatable bonds is 4. The lowest BCUT2D eigenvalue weighted by Gasteiger charge is -2.17. The summed E-state index contributed by atoms with van der Waals surface area (Å²) in [7, 11) is 1.36.